The molecule has 1 aliphatic rings. The van der Waals surface area contributed by atoms with Crippen LogP contribution in [0.2, 0.25) is 0 Å². The van der Waals surface area contributed by atoms with Crippen molar-refractivity contribution in [3.8, 4) is 5.75 Å². The lowest BCUT2D eigenvalue weighted by Gasteiger charge is -2.36. The van der Waals surface area contributed by atoms with E-state index in [2.05, 4.69) is 21.2 Å². The van der Waals surface area contributed by atoms with Crippen LogP contribution in [0.25, 0.3) is 0 Å². The van der Waals surface area contributed by atoms with E-state index in [1.54, 1.807) is 12.1 Å². The zero-order valence-electron chi connectivity index (χ0n) is 11.0. The zero-order valence-corrected chi connectivity index (χ0v) is 12.6. The molecule has 1 N–H and O–H groups in total. The summed E-state index contributed by atoms with van der Waals surface area (Å²) in [4.78, 5) is 1.45. The number of piperazine rings is 1. The minimum absolute atomic E-state index is 0.193. The number of ether oxygens (including phenoxy) is 1. The molecule has 1 aliphatic heterocycles. The van der Waals surface area contributed by atoms with E-state index in [0.717, 1.165) is 0 Å². The summed E-state index contributed by atoms with van der Waals surface area (Å²) in [5.74, 6) is 0.424. The molecular formula is C13H16BrF3N2O. The molecule has 0 aliphatic carbocycles. The number of methoxy groups -OCH3 is 1. The van der Waals surface area contributed by atoms with E-state index in [0.29, 0.717) is 36.4 Å². The standard InChI is InChI=1S/C13H16BrF3N2O/c1-20-9-2-3-11(14)10(8-9)12(13(15,16)17)19-6-4-18-5-7-19/h2-3,8,12,18H,4-7H2,1H3/t12-/m0/s1. The average Bonchev–Trinajstić information content (AvgIpc) is 2.41. The lowest BCUT2D eigenvalue weighted by Crippen LogP contribution is -2.49. The van der Waals surface area contributed by atoms with Gasteiger partial charge >= 0.3 is 6.18 Å². The van der Waals surface area contributed by atoms with Gasteiger partial charge in [0, 0.05) is 30.7 Å². The van der Waals surface area contributed by atoms with Gasteiger partial charge in [-0.1, -0.05) is 15.9 Å². The molecule has 2 rings (SSSR count). The number of hydrogen-bond donors (Lipinski definition) is 1. The molecule has 1 atom stereocenters. The summed E-state index contributed by atoms with van der Waals surface area (Å²) in [5.41, 5.74) is 0.193. The van der Waals surface area contributed by atoms with E-state index in [4.69, 9.17) is 4.74 Å². The quantitative estimate of drug-likeness (QED) is 0.904. The van der Waals surface area contributed by atoms with Crippen LogP contribution in [-0.2, 0) is 0 Å². The van der Waals surface area contributed by atoms with Gasteiger partial charge in [0.2, 0.25) is 0 Å². The molecule has 0 spiro atoms. The van der Waals surface area contributed by atoms with Crippen molar-refractivity contribution in [2.45, 2.75) is 12.2 Å². The van der Waals surface area contributed by atoms with Crippen LogP contribution in [0, 0.1) is 0 Å². The van der Waals surface area contributed by atoms with Gasteiger partial charge in [-0.2, -0.15) is 13.2 Å². The van der Waals surface area contributed by atoms with E-state index in [-0.39, 0.29) is 5.56 Å². The molecule has 1 aromatic rings. The second-order valence-electron chi connectivity index (χ2n) is 4.62. The van der Waals surface area contributed by atoms with Crippen molar-refractivity contribution in [2.24, 2.45) is 0 Å². The van der Waals surface area contributed by atoms with E-state index in [9.17, 15) is 13.2 Å². The Hall–Kier alpha value is -0.790. The highest BCUT2D eigenvalue weighted by Crippen LogP contribution is 2.41. The van der Waals surface area contributed by atoms with Gasteiger partial charge < -0.3 is 10.1 Å². The molecule has 1 fully saturated rings. The van der Waals surface area contributed by atoms with E-state index >= 15 is 0 Å². The minimum Gasteiger partial charge on any atom is -0.497 e. The summed E-state index contributed by atoms with van der Waals surface area (Å²) < 4.78 is 45.9. The zero-order chi connectivity index (χ0) is 14.8. The Bertz CT molecular complexity index is 461. The van der Waals surface area contributed by atoms with Crippen molar-refractivity contribution in [2.75, 3.05) is 33.3 Å². The molecule has 0 saturated carbocycles. The first kappa shape index (κ1) is 15.6. The average molecular weight is 353 g/mol. The maximum absolute atomic E-state index is 13.5. The molecule has 1 heterocycles. The van der Waals surface area contributed by atoms with Crippen LogP contribution in [0.15, 0.2) is 22.7 Å². The Labute approximate surface area is 124 Å². The molecule has 1 saturated heterocycles. The van der Waals surface area contributed by atoms with Gasteiger partial charge in [-0.3, -0.25) is 4.90 Å². The van der Waals surface area contributed by atoms with E-state index in [1.807, 2.05) is 0 Å². The van der Waals surface area contributed by atoms with Crippen LogP contribution in [0.3, 0.4) is 0 Å². The first-order valence-corrected chi connectivity index (χ1v) is 7.07. The largest absolute Gasteiger partial charge is 0.497 e. The minimum atomic E-state index is -4.33. The molecule has 3 nitrogen and oxygen atoms in total. The molecule has 0 bridgehead atoms. The third kappa shape index (κ3) is 3.45. The predicted octanol–water partition coefficient (Wildman–Crippen LogP) is 2.97. The van der Waals surface area contributed by atoms with Crippen molar-refractivity contribution >= 4 is 15.9 Å². The highest BCUT2D eigenvalue weighted by atomic mass is 79.9. The Morgan fingerprint density at radius 2 is 1.95 bits per heavy atom. The van der Waals surface area contributed by atoms with Crippen LogP contribution in [0.5, 0.6) is 5.75 Å². The summed E-state index contributed by atoms with van der Waals surface area (Å²) >= 11 is 3.22. The van der Waals surface area contributed by atoms with Crippen molar-refractivity contribution < 1.29 is 17.9 Å². The Balaban J connectivity index is 2.40. The number of benzene rings is 1. The first-order valence-electron chi connectivity index (χ1n) is 6.28. The van der Waals surface area contributed by atoms with Crippen LogP contribution in [-0.4, -0.2) is 44.4 Å². The van der Waals surface area contributed by atoms with Crippen molar-refractivity contribution in [3.05, 3.63) is 28.2 Å². The highest BCUT2D eigenvalue weighted by Gasteiger charge is 2.45. The van der Waals surface area contributed by atoms with Crippen molar-refractivity contribution in [1.82, 2.24) is 10.2 Å². The van der Waals surface area contributed by atoms with Gasteiger partial charge in [-0.15, -0.1) is 0 Å². The monoisotopic (exact) mass is 352 g/mol. The maximum Gasteiger partial charge on any atom is 0.408 e. The first-order chi connectivity index (χ1) is 9.43. The Kier molecular flexibility index (Phi) is 4.93. The van der Waals surface area contributed by atoms with Gasteiger partial charge in [0.1, 0.15) is 11.8 Å². The number of rotatable bonds is 3. The third-order valence-corrected chi connectivity index (χ3v) is 4.05. The molecule has 0 unspecified atom stereocenters. The van der Waals surface area contributed by atoms with Gasteiger partial charge in [0.15, 0.2) is 0 Å². The summed E-state index contributed by atoms with van der Waals surface area (Å²) in [7, 11) is 1.44. The lowest BCUT2D eigenvalue weighted by atomic mass is 10.0. The van der Waals surface area contributed by atoms with Gasteiger partial charge in [0.05, 0.1) is 7.11 Å². The smallest absolute Gasteiger partial charge is 0.408 e. The van der Waals surface area contributed by atoms with Gasteiger partial charge in [0.25, 0.3) is 0 Å². The molecule has 1 aromatic carbocycles. The number of halogens is 4. The number of nitrogens with zero attached hydrogens (tertiary/aromatic N) is 1. The fourth-order valence-electron chi connectivity index (χ4n) is 2.38. The molecule has 20 heavy (non-hydrogen) atoms. The Morgan fingerprint density at radius 1 is 1.30 bits per heavy atom. The van der Waals surface area contributed by atoms with Gasteiger partial charge in [-0.05, 0) is 23.8 Å². The summed E-state index contributed by atoms with van der Waals surface area (Å²) in [5, 5.41) is 3.06. The number of hydrogen-bond acceptors (Lipinski definition) is 3. The molecule has 0 amide bonds. The van der Waals surface area contributed by atoms with Crippen LogP contribution < -0.4 is 10.1 Å². The van der Waals surface area contributed by atoms with E-state index < -0.39 is 12.2 Å². The summed E-state index contributed by atoms with van der Waals surface area (Å²) in [6, 6.07) is 3.06. The SMILES string of the molecule is COc1ccc(Br)c([C@H](N2CCNCC2)C(F)(F)F)c1. The molecular weight excluding hydrogens is 337 g/mol. The normalized spacial score (nSPS) is 18.9. The topological polar surface area (TPSA) is 24.5 Å². The summed E-state index contributed by atoms with van der Waals surface area (Å²) in [6.45, 7) is 1.87. The lowest BCUT2D eigenvalue weighted by molar-refractivity contribution is -0.188. The second kappa shape index (κ2) is 6.32. The molecule has 7 heteroatoms. The van der Waals surface area contributed by atoms with Crippen LogP contribution >= 0.6 is 15.9 Å². The fourth-order valence-corrected chi connectivity index (χ4v) is 2.84. The highest BCUT2D eigenvalue weighted by molar-refractivity contribution is 9.10. The number of alkyl halides is 3. The van der Waals surface area contributed by atoms with Gasteiger partial charge in [-0.25, -0.2) is 0 Å². The fraction of sp³-hybridized carbons (Fsp3) is 0.538. The van der Waals surface area contributed by atoms with Crippen LogP contribution in [0.4, 0.5) is 13.2 Å². The third-order valence-electron chi connectivity index (χ3n) is 3.32. The van der Waals surface area contributed by atoms with E-state index in [1.165, 1.54) is 18.1 Å². The summed E-state index contributed by atoms with van der Waals surface area (Å²) in [6.07, 6.45) is -4.33. The second-order valence-corrected chi connectivity index (χ2v) is 5.47. The predicted molar refractivity (Wildman–Crippen MR) is 73.9 cm³/mol. The molecule has 0 aromatic heterocycles. The van der Waals surface area contributed by atoms with Crippen molar-refractivity contribution in [3.63, 3.8) is 0 Å². The molecule has 112 valence electrons. The maximum atomic E-state index is 13.5. The number of nitrogens with one attached hydrogen (secondary N) is 1. The van der Waals surface area contributed by atoms with Crippen LogP contribution in [0.1, 0.15) is 11.6 Å². The molecule has 0 radical (unpaired) electrons. The van der Waals surface area contributed by atoms with Crippen molar-refractivity contribution in [1.29, 1.82) is 0 Å². The Morgan fingerprint density at radius 3 is 2.50 bits per heavy atom.